The van der Waals surface area contributed by atoms with E-state index in [-0.39, 0.29) is 11.5 Å². The minimum Gasteiger partial charge on any atom is -0.496 e. The molecule has 1 aromatic heterocycles. The second-order valence-electron chi connectivity index (χ2n) is 6.20. The Morgan fingerprint density at radius 1 is 1.26 bits per heavy atom. The quantitative estimate of drug-likeness (QED) is 0.452. The van der Waals surface area contributed by atoms with Crippen molar-refractivity contribution in [1.82, 2.24) is 9.66 Å². The van der Waals surface area contributed by atoms with E-state index in [4.69, 9.17) is 9.72 Å². The minimum absolute atomic E-state index is 0.102. The second kappa shape index (κ2) is 8.35. The monoisotopic (exact) mass is 491 g/mol. The number of benzene rings is 2. The van der Waals surface area contributed by atoms with Crippen LogP contribution in [-0.2, 0) is 0 Å². The van der Waals surface area contributed by atoms with Crippen LogP contribution in [0.4, 0.5) is 0 Å². The molecule has 0 spiro atoms. The van der Waals surface area contributed by atoms with Crippen LogP contribution in [0, 0.1) is 0 Å². The topological polar surface area (TPSA) is 56.5 Å². The highest BCUT2D eigenvalue weighted by atomic mass is 79.9. The molecule has 3 aromatic rings. The number of rotatable bonds is 5. The van der Waals surface area contributed by atoms with Gasteiger partial charge in [0.1, 0.15) is 11.6 Å². The molecule has 0 fully saturated rings. The summed E-state index contributed by atoms with van der Waals surface area (Å²) in [4.78, 5) is 17.8. The molecule has 140 valence electrons. The van der Waals surface area contributed by atoms with Crippen LogP contribution < -0.4 is 10.3 Å². The minimum atomic E-state index is -0.180. The maximum atomic E-state index is 13.1. The fraction of sp³-hybridized carbons (Fsp3) is 0.250. The zero-order valence-corrected chi connectivity index (χ0v) is 18.4. The van der Waals surface area contributed by atoms with Crippen LogP contribution in [-0.4, -0.2) is 23.0 Å². The fourth-order valence-electron chi connectivity index (χ4n) is 2.67. The third-order valence-corrected chi connectivity index (χ3v) is 5.50. The first-order valence-electron chi connectivity index (χ1n) is 8.54. The van der Waals surface area contributed by atoms with Gasteiger partial charge in [-0.2, -0.15) is 9.78 Å². The van der Waals surface area contributed by atoms with Gasteiger partial charge >= 0.3 is 0 Å². The van der Waals surface area contributed by atoms with Crippen LogP contribution in [0.25, 0.3) is 10.9 Å². The molecule has 0 amide bonds. The van der Waals surface area contributed by atoms with Crippen LogP contribution in [0.5, 0.6) is 5.75 Å². The molecular weight excluding hydrogens is 474 g/mol. The molecule has 0 N–H and O–H groups in total. The third-order valence-electron chi connectivity index (χ3n) is 4.38. The average molecular weight is 493 g/mol. The van der Waals surface area contributed by atoms with Crippen LogP contribution in [0.3, 0.4) is 0 Å². The van der Waals surface area contributed by atoms with Crippen molar-refractivity contribution in [2.45, 2.75) is 26.2 Å². The van der Waals surface area contributed by atoms with Crippen molar-refractivity contribution in [3.8, 4) is 5.75 Å². The van der Waals surface area contributed by atoms with E-state index in [1.54, 1.807) is 19.4 Å². The number of hydrogen-bond acceptors (Lipinski definition) is 4. The molecule has 0 aliphatic rings. The van der Waals surface area contributed by atoms with Crippen LogP contribution in [0.15, 0.2) is 55.2 Å². The van der Waals surface area contributed by atoms with E-state index < -0.39 is 0 Å². The van der Waals surface area contributed by atoms with Gasteiger partial charge in [-0.3, -0.25) is 4.79 Å². The molecule has 0 saturated heterocycles. The zero-order chi connectivity index (χ0) is 19.6. The summed E-state index contributed by atoms with van der Waals surface area (Å²) in [6.07, 6.45) is 2.51. The highest BCUT2D eigenvalue weighted by Crippen LogP contribution is 2.25. The number of ether oxygens (including phenoxy) is 1. The Bertz CT molecular complexity index is 1080. The van der Waals surface area contributed by atoms with Crippen molar-refractivity contribution >= 4 is 49.0 Å². The van der Waals surface area contributed by atoms with Gasteiger partial charge in [0.25, 0.3) is 5.56 Å². The van der Waals surface area contributed by atoms with Crippen molar-refractivity contribution in [2.24, 2.45) is 5.10 Å². The molecule has 2 aromatic carbocycles. The lowest BCUT2D eigenvalue weighted by Crippen LogP contribution is -2.23. The maximum Gasteiger partial charge on any atom is 0.282 e. The van der Waals surface area contributed by atoms with E-state index >= 15 is 0 Å². The van der Waals surface area contributed by atoms with Gasteiger partial charge in [-0.1, -0.05) is 29.8 Å². The van der Waals surface area contributed by atoms with Gasteiger partial charge in [-0.15, -0.1) is 0 Å². The van der Waals surface area contributed by atoms with E-state index in [0.29, 0.717) is 16.7 Å². The lowest BCUT2D eigenvalue weighted by Gasteiger charge is -2.14. The van der Waals surface area contributed by atoms with Crippen molar-refractivity contribution in [1.29, 1.82) is 0 Å². The van der Waals surface area contributed by atoms with Gasteiger partial charge in [0, 0.05) is 10.4 Å². The highest BCUT2D eigenvalue weighted by Gasteiger charge is 2.15. The number of halogens is 2. The van der Waals surface area contributed by atoms with Gasteiger partial charge in [-0.25, -0.2) is 4.98 Å². The number of aromatic nitrogens is 2. The maximum absolute atomic E-state index is 13.1. The van der Waals surface area contributed by atoms with Gasteiger partial charge in [0.05, 0.1) is 28.7 Å². The SMILES string of the molecule is CC[C@@H](C)c1nc2ccc(Br)cc2c(=O)n1N=Cc1ccc(OC)c(Br)c1. The molecule has 0 saturated carbocycles. The molecule has 0 bridgehead atoms. The van der Waals surface area contributed by atoms with E-state index in [1.165, 1.54) is 4.68 Å². The Morgan fingerprint density at radius 3 is 2.70 bits per heavy atom. The number of nitrogens with zero attached hydrogens (tertiary/aromatic N) is 3. The predicted octanol–water partition coefficient (Wildman–Crippen LogP) is 5.33. The fourth-order valence-corrected chi connectivity index (χ4v) is 3.59. The van der Waals surface area contributed by atoms with Crippen LogP contribution >= 0.6 is 31.9 Å². The summed E-state index contributed by atoms with van der Waals surface area (Å²) in [6.45, 7) is 4.11. The Balaban J connectivity index is 2.15. The highest BCUT2D eigenvalue weighted by molar-refractivity contribution is 9.10. The number of fused-ring (bicyclic) bond motifs is 1. The standard InChI is InChI=1S/C20H19Br2N3O2/c1-4-12(2)19-24-17-7-6-14(21)10-15(17)20(26)25(19)23-11-13-5-8-18(27-3)16(22)9-13/h5-12H,4H2,1-3H3/t12-/m1/s1. The molecule has 27 heavy (non-hydrogen) atoms. The first-order chi connectivity index (χ1) is 12.9. The van der Waals surface area contributed by atoms with Gasteiger partial charge in [0.2, 0.25) is 0 Å². The largest absolute Gasteiger partial charge is 0.496 e. The van der Waals surface area contributed by atoms with E-state index in [1.807, 2.05) is 37.3 Å². The Kier molecular flexibility index (Phi) is 6.11. The molecule has 7 heteroatoms. The first-order valence-corrected chi connectivity index (χ1v) is 10.1. The number of methoxy groups -OCH3 is 1. The van der Waals surface area contributed by atoms with Crippen LogP contribution in [0.2, 0.25) is 0 Å². The molecule has 0 aliphatic heterocycles. The summed E-state index contributed by atoms with van der Waals surface area (Å²) in [5.74, 6) is 1.49. The van der Waals surface area contributed by atoms with E-state index in [9.17, 15) is 4.79 Å². The lowest BCUT2D eigenvalue weighted by atomic mass is 10.1. The summed E-state index contributed by atoms with van der Waals surface area (Å²) in [5, 5.41) is 4.99. The summed E-state index contributed by atoms with van der Waals surface area (Å²) in [6, 6.07) is 11.1. The summed E-state index contributed by atoms with van der Waals surface area (Å²) < 4.78 is 8.31. The molecule has 0 unspecified atom stereocenters. The zero-order valence-electron chi connectivity index (χ0n) is 15.2. The molecule has 0 aliphatic carbocycles. The van der Waals surface area contributed by atoms with Crippen molar-refractivity contribution in [2.75, 3.05) is 7.11 Å². The average Bonchev–Trinajstić information content (AvgIpc) is 2.67. The molecule has 3 rings (SSSR count). The summed E-state index contributed by atoms with van der Waals surface area (Å²) >= 11 is 6.88. The second-order valence-corrected chi connectivity index (χ2v) is 7.97. The number of hydrogen-bond donors (Lipinski definition) is 0. The van der Waals surface area contributed by atoms with Gasteiger partial charge in [0.15, 0.2) is 0 Å². The summed E-state index contributed by atoms with van der Waals surface area (Å²) in [7, 11) is 1.62. The molecular formula is C20H19Br2N3O2. The van der Waals surface area contributed by atoms with Crippen molar-refractivity contribution < 1.29 is 4.74 Å². The Hall–Kier alpha value is -1.99. The molecule has 1 heterocycles. The van der Waals surface area contributed by atoms with Crippen LogP contribution in [0.1, 0.15) is 37.6 Å². The predicted molar refractivity (Wildman–Crippen MR) is 116 cm³/mol. The van der Waals surface area contributed by atoms with E-state index in [2.05, 4.69) is 43.9 Å². The lowest BCUT2D eigenvalue weighted by molar-refractivity contribution is 0.412. The Morgan fingerprint density at radius 2 is 2.04 bits per heavy atom. The van der Waals surface area contributed by atoms with Crippen molar-refractivity contribution in [3.63, 3.8) is 0 Å². The third kappa shape index (κ3) is 4.14. The molecule has 1 atom stereocenters. The molecule has 0 radical (unpaired) electrons. The summed E-state index contributed by atoms with van der Waals surface area (Å²) in [5.41, 5.74) is 1.34. The van der Waals surface area contributed by atoms with Gasteiger partial charge in [-0.05, 0) is 64.3 Å². The first kappa shape index (κ1) is 19.8. The smallest absolute Gasteiger partial charge is 0.282 e. The van der Waals surface area contributed by atoms with Crippen molar-refractivity contribution in [3.05, 3.63) is 67.1 Å². The normalized spacial score (nSPS) is 12.6. The molecule has 5 nitrogen and oxygen atoms in total. The van der Waals surface area contributed by atoms with E-state index in [0.717, 1.165) is 26.7 Å². The Labute approximate surface area is 174 Å². The van der Waals surface area contributed by atoms with Gasteiger partial charge < -0.3 is 4.74 Å².